The van der Waals surface area contributed by atoms with Crippen molar-refractivity contribution in [3.05, 3.63) is 58.1 Å². The molecule has 0 saturated heterocycles. The molecular formula is C20H22ClNO4. The maximum Gasteiger partial charge on any atom is 0.344 e. The second kappa shape index (κ2) is 8.72. The predicted octanol–water partition coefficient (Wildman–Crippen LogP) is 4.21. The fourth-order valence-electron chi connectivity index (χ4n) is 2.21. The highest BCUT2D eigenvalue weighted by molar-refractivity contribution is 6.31. The Kier molecular flexibility index (Phi) is 6.64. The van der Waals surface area contributed by atoms with E-state index >= 15 is 0 Å². The zero-order valence-electron chi connectivity index (χ0n) is 15.3. The molecule has 1 atom stereocenters. The number of rotatable bonds is 6. The van der Waals surface area contributed by atoms with Crippen LogP contribution in [0.25, 0.3) is 0 Å². The van der Waals surface area contributed by atoms with Gasteiger partial charge in [0.25, 0.3) is 5.91 Å². The molecule has 5 nitrogen and oxygen atoms in total. The molecule has 2 aromatic carbocycles. The Morgan fingerprint density at radius 1 is 1.12 bits per heavy atom. The van der Waals surface area contributed by atoms with Gasteiger partial charge in [-0.15, -0.1) is 0 Å². The van der Waals surface area contributed by atoms with Crippen LogP contribution in [-0.4, -0.2) is 24.6 Å². The summed E-state index contributed by atoms with van der Waals surface area (Å²) in [6, 6.07) is 10.8. The second-order valence-electron chi connectivity index (χ2n) is 6.07. The van der Waals surface area contributed by atoms with E-state index in [1.54, 1.807) is 31.2 Å². The van der Waals surface area contributed by atoms with E-state index in [4.69, 9.17) is 21.1 Å². The van der Waals surface area contributed by atoms with E-state index in [0.29, 0.717) is 16.5 Å². The SMILES string of the molecule is Cc1ccc(OCC(=O)O[C@H](C)C(=O)Nc2cccc(Cl)c2C)cc1C. The topological polar surface area (TPSA) is 64.6 Å². The summed E-state index contributed by atoms with van der Waals surface area (Å²) in [5, 5.41) is 3.25. The average Bonchev–Trinajstić information content (AvgIpc) is 2.60. The zero-order valence-corrected chi connectivity index (χ0v) is 16.0. The van der Waals surface area contributed by atoms with Crippen molar-refractivity contribution in [1.82, 2.24) is 0 Å². The van der Waals surface area contributed by atoms with Crippen LogP contribution >= 0.6 is 11.6 Å². The Bertz CT molecular complexity index is 819. The number of hydrogen-bond donors (Lipinski definition) is 1. The predicted molar refractivity (Wildman–Crippen MR) is 102 cm³/mol. The molecule has 0 spiro atoms. The number of nitrogens with one attached hydrogen (secondary N) is 1. The molecule has 2 rings (SSSR count). The Labute approximate surface area is 158 Å². The van der Waals surface area contributed by atoms with E-state index in [9.17, 15) is 9.59 Å². The number of halogens is 1. The van der Waals surface area contributed by atoms with E-state index in [-0.39, 0.29) is 6.61 Å². The molecule has 0 saturated carbocycles. The van der Waals surface area contributed by atoms with Crippen LogP contribution in [-0.2, 0) is 14.3 Å². The summed E-state index contributed by atoms with van der Waals surface area (Å²) in [5.74, 6) is -0.472. The van der Waals surface area contributed by atoms with Crippen molar-refractivity contribution < 1.29 is 19.1 Å². The lowest BCUT2D eigenvalue weighted by atomic mass is 10.1. The highest BCUT2D eigenvalue weighted by atomic mass is 35.5. The number of esters is 1. The molecule has 1 amide bonds. The molecule has 0 unspecified atom stereocenters. The molecule has 0 radical (unpaired) electrons. The van der Waals surface area contributed by atoms with Crippen molar-refractivity contribution in [2.75, 3.05) is 11.9 Å². The maximum atomic E-state index is 12.2. The van der Waals surface area contributed by atoms with Crippen molar-refractivity contribution in [3.8, 4) is 5.75 Å². The lowest BCUT2D eigenvalue weighted by Crippen LogP contribution is -2.31. The summed E-state index contributed by atoms with van der Waals surface area (Å²) in [6.45, 7) is 6.99. The minimum absolute atomic E-state index is 0.268. The molecule has 0 aromatic heterocycles. The molecule has 138 valence electrons. The highest BCUT2D eigenvalue weighted by Crippen LogP contribution is 2.23. The number of carbonyl (C=O) groups excluding carboxylic acids is 2. The summed E-state index contributed by atoms with van der Waals surface area (Å²) < 4.78 is 10.5. The van der Waals surface area contributed by atoms with Gasteiger partial charge in [-0.05, 0) is 68.7 Å². The number of carbonyl (C=O) groups is 2. The molecule has 0 fully saturated rings. The number of amides is 1. The Balaban J connectivity index is 1.86. The van der Waals surface area contributed by atoms with E-state index in [2.05, 4.69) is 5.32 Å². The van der Waals surface area contributed by atoms with E-state index in [0.717, 1.165) is 16.7 Å². The third kappa shape index (κ3) is 5.23. The molecule has 26 heavy (non-hydrogen) atoms. The van der Waals surface area contributed by atoms with Gasteiger partial charge in [0.1, 0.15) is 5.75 Å². The summed E-state index contributed by atoms with van der Waals surface area (Å²) in [5.41, 5.74) is 3.54. The first-order valence-corrected chi connectivity index (χ1v) is 8.61. The van der Waals surface area contributed by atoms with Gasteiger partial charge in [0, 0.05) is 10.7 Å². The average molecular weight is 376 g/mol. The molecule has 2 aromatic rings. The second-order valence-corrected chi connectivity index (χ2v) is 6.48. The van der Waals surface area contributed by atoms with Crippen molar-refractivity contribution in [2.24, 2.45) is 0 Å². The van der Waals surface area contributed by atoms with Crippen LogP contribution in [0.2, 0.25) is 5.02 Å². The standard InChI is InChI=1S/C20H22ClNO4/c1-12-8-9-16(10-13(12)2)25-11-19(23)26-15(4)20(24)22-18-7-5-6-17(21)14(18)3/h5-10,15H,11H2,1-4H3,(H,22,24)/t15-/m1/s1. The maximum absolute atomic E-state index is 12.2. The Morgan fingerprint density at radius 2 is 1.85 bits per heavy atom. The van der Waals surface area contributed by atoms with E-state index in [1.165, 1.54) is 6.92 Å². The summed E-state index contributed by atoms with van der Waals surface area (Å²) in [6.07, 6.45) is -0.954. The van der Waals surface area contributed by atoms with Gasteiger partial charge in [-0.1, -0.05) is 23.7 Å². The summed E-state index contributed by atoms with van der Waals surface area (Å²) >= 11 is 6.03. The van der Waals surface area contributed by atoms with Crippen LogP contribution in [0.15, 0.2) is 36.4 Å². The van der Waals surface area contributed by atoms with E-state index in [1.807, 2.05) is 26.0 Å². The van der Waals surface area contributed by atoms with Gasteiger partial charge in [-0.2, -0.15) is 0 Å². The minimum Gasteiger partial charge on any atom is -0.482 e. The smallest absolute Gasteiger partial charge is 0.344 e. The van der Waals surface area contributed by atoms with Gasteiger partial charge >= 0.3 is 5.97 Å². The number of aryl methyl sites for hydroxylation is 2. The number of benzene rings is 2. The van der Waals surface area contributed by atoms with E-state index < -0.39 is 18.0 Å². The Morgan fingerprint density at radius 3 is 2.54 bits per heavy atom. The number of anilines is 1. The van der Waals surface area contributed by atoms with Crippen molar-refractivity contribution in [2.45, 2.75) is 33.8 Å². The number of ether oxygens (including phenoxy) is 2. The van der Waals surface area contributed by atoms with Crippen LogP contribution in [0.4, 0.5) is 5.69 Å². The van der Waals surface area contributed by atoms with Crippen molar-refractivity contribution >= 4 is 29.2 Å². The highest BCUT2D eigenvalue weighted by Gasteiger charge is 2.19. The van der Waals surface area contributed by atoms with Crippen LogP contribution in [0.1, 0.15) is 23.6 Å². The fraction of sp³-hybridized carbons (Fsp3) is 0.300. The fourth-order valence-corrected chi connectivity index (χ4v) is 2.38. The lowest BCUT2D eigenvalue weighted by molar-refractivity contribution is -0.155. The van der Waals surface area contributed by atoms with Gasteiger partial charge in [0.2, 0.25) is 0 Å². The monoisotopic (exact) mass is 375 g/mol. The molecule has 1 N–H and O–H groups in total. The Hall–Kier alpha value is -2.53. The molecule has 0 aliphatic carbocycles. The largest absolute Gasteiger partial charge is 0.482 e. The first kappa shape index (κ1) is 19.8. The first-order chi connectivity index (χ1) is 12.3. The summed E-state index contributed by atoms with van der Waals surface area (Å²) in [7, 11) is 0. The van der Waals surface area contributed by atoms with Crippen LogP contribution in [0.5, 0.6) is 5.75 Å². The quantitative estimate of drug-likeness (QED) is 0.768. The zero-order chi connectivity index (χ0) is 19.3. The molecule has 0 heterocycles. The minimum atomic E-state index is -0.954. The van der Waals surface area contributed by atoms with Crippen LogP contribution < -0.4 is 10.1 Å². The molecule has 0 aliphatic rings. The van der Waals surface area contributed by atoms with Crippen molar-refractivity contribution in [1.29, 1.82) is 0 Å². The van der Waals surface area contributed by atoms with Gasteiger partial charge in [-0.25, -0.2) is 4.79 Å². The van der Waals surface area contributed by atoms with Gasteiger partial charge in [-0.3, -0.25) is 4.79 Å². The van der Waals surface area contributed by atoms with Gasteiger partial charge < -0.3 is 14.8 Å². The lowest BCUT2D eigenvalue weighted by Gasteiger charge is -2.15. The van der Waals surface area contributed by atoms with Crippen LogP contribution in [0.3, 0.4) is 0 Å². The number of hydrogen-bond acceptors (Lipinski definition) is 4. The molecular weight excluding hydrogens is 354 g/mol. The van der Waals surface area contributed by atoms with Gasteiger partial charge in [0.05, 0.1) is 0 Å². The third-order valence-corrected chi connectivity index (χ3v) is 4.45. The van der Waals surface area contributed by atoms with Crippen molar-refractivity contribution in [3.63, 3.8) is 0 Å². The first-order valence-electron chi connectivity index (χ1n) is 8.23. The third-order valence-electron chi connectivity index (χ3n) is 4.04. The summed E-state index contributed by atoms with van der Waals surface area (Å²) in [4.78, 5) is 24.1. The normalized spacial score (nSPS) is 11.6. The van der Waals surface area contributed by atoms with Gasteiger partial charge in [0.15, 0.2) is 12.7 Å². The van der Waals surface area contributed by atoms with Crippen LogP contribution in [0, 0.1) is 20.8 Å². The molecule has 0 aliphatic heterocycles. The molecule has 0 bridgehead atoms. The molecule has 6 heteroatoms.